The maximum atomic E-state index is 12.7. The number of H-pyrrole nitrogens is 1. The summed E-state index contributed by atoms with van der Waals surface area (Å²) in [4.78, 5) is 40.3. The van der Waals surface area contributed by atoms with E-state index in [1.807, 2.05) is 43.3 Å². The van der Waals surface area contributed by atoms with Crippen LogP contribution in [0.5, 0.6) is 0 Å². The summed E-state index contributed by atoms with van der Waals surface area (Å²) in [6, 6.07) is 19.0. The summed E-state index contributed by atoms with van der Waals surface area (Å²) in [7, 11) is 1.70. The molecule has 0 aliphatic carbocycles. The quantitative estimate of drug-likeness (QED) is 0.716. The van der Waals surface area contributed by atoms with E-state index in [9.17, 15) is 14.4 Å². The lowest BCUT2D eigenvalue weighted by molar-refractivity contribution is 0.0742. The molecule has 6 heteroatoms. The number of anilines is 1. The molecule has 0 spiro atoms. The van der Waals surface area contributed by atoms with Crippen LogP contribution < -0.4 is 10.9 Å². The van der Waals surface area contributed by atoms with Crippen molar-refractivity contribution in [1.29, 1.82) is 0 Å². The van der Waals surface area contributed by atoms with Gasteiger partial charge in [-0.3, -0.25) is 14.4 Å². The topological polar surface area (TPSA) is 82.3 Å². The molecule has 2 amide bonds. The molecule has 0 unspecified atom stereocenters. The fourth-order valence-corrected chi connectivity index (χ4v) is 2.82. The van der Waals surface area contributed by atoms with Gasteiger partial charge in [-0.15, -0.1) is 0 Å². The Bertz CT molecular complexity index is 1020. The lowest BCUT2D eigenvalue weighted by Gasteiger charge is -2.25. The highest BCUT2D eigenvalue weighted by atomic mass is 16.2. The molecular formula is C22H21N3O3. The van der Waals surface area contributed by atoms with Crippen molar-refractivity contribution in [2.75, 3.05) is 12.4 Å². The minimum Gasteiger partial charge on any atom is -0.335 e. The van der Waals surface area contributed by atoms with Gasteiger partial charge < -0.3 is 15.2 Å². The molecular weight excluding hydrogens is 354 g/mol. The van der Waals surface area contributed by atoms with E-state index in [4.69, 9.17) is 0 Å². The van der Waals surface area contributed by atoms with Gasteiger partial charge in [-0.2, -0.15) is 0 Å². The first-order valence-electron chi connectivity index (χ1n) is 8.88. The fourth-order valence-electron chi connectivity index (χ4n) is 2.82. The number of nitrogens with zero attached hydrogens (tertiary/aromatic N) is 1. The maximum absolute atomic E-state index is 12.7. The molecule has 0 fully saturated rings. The summed E-state index contributed by atoms with van der Waals surface area (Å²) in [5.41, 5.74) is 2.26. The Kier molecular flexibility index (Phi) is 5.69. The van der Waals surface area contributed by atoms with Gasteiger partial charge in [0.25, 0.3) is 11.8 Å². The Morgan fingerprint density at radius 3 is 2.39 bits per heavy atom. The normalized spacial score (nSPS) is 11.5. The molecule has 142 valence electrons. The zero-order valence-electron chi connectivity index (χ0n) is 15.7. The summed E-state index contributed by atoms with van der Waals surface area (Å²) < 4.78 is 0. The third kappa shape index (κ3) is 4.35. The Morgan fingerprint density at radius 1 is 0.964 bits per heavy atom. The second-order valence-electron chi connectivity index (χ2n) is 6.48. The number of pyridine rings is 1. The van der Waals surface area contributed by atoms with Crippen molar-refractivity contribution in [1.82, 2.24) is 9.88 Å². The molecule has 3 rings (SSSR count). The molecule has 1 heterocycles. The third-order valence-corrected chi connectivity index (χ3v) is 4.60. The van der Waals surface area contributed by atoms with Crippen molar-refractivity contribution in [2.24, 2.45) is 0 Å². The Morgan fingerprint density at radius 2 is 1.71 bits per heavy atom. The molecule has 0 radical (unpaired) electrons. The molecule has 0 aliphatic rings. The summed E-state index contributed by atoms with van der Waals surface area (Å²) >= 11 is 0. The van der Waals surface area contributed by atoms with Gasteiger partial charge in [0, 0.05) is 30.6 Å². The number of aromatic amines is 1. The number of amides is 2. The molecule has 1 atom stereocenters. The average Bonchev–Trinajstić information content (AvgIpc) is 2.73. The monoisotopic (exact) mass is 375 g/mol. The van der Waals surface area contributed by atoms with E-state index < -0.39 is 0 Å². The van der Waals surface area contributed by atoms with Crippen molar-refractivity contribution in [3.8, 4) is 0 Å². The predicted molar refractivity (Wildman–Crippen MR) is 108 cm³/mol. The Hall–Kier alpha value is -3.67. The van der Waals surface area contributed by atoms with Crippen molar-refractivity contribution < 1.29 is 9.59 Å². The first kappa shape index (κ1) is 19.1. The first-order chi connectivity index (χ1) is 13.5. The van der Waals surface area contributed by atoms with E-state index in [2.05, 4.69) is 10.3 Å². The third-order valence-electron chi connectivity index (χ3n) is 4.60. The van der Waals surface area contributed by atoms with Gasteiger partial charge in [0.1, 0.15) is 0 Å². The van der Waals surface area contributed by atoms with E-state index in [0.717, 1.165) is 5.56 Å². The van der Waals surface area contributed by atoms with Crippen LogP contribution >= 0.6 is 0 Å². The molecule has 28 heavy (non-hydrogen) atoms. The second-order valence-corrected chi connectivity index (χ2v) is 6.48. The highest BCUT2D eigenvalue weighted by Gasteiger charge is 2.19. The number of nitrogens with one attached hydrogen (secondary N) is 2. The predicted octanol–water partition coefficient (Wildman–Crippen LogP) is 3.46. The smallest absolute Gasteiger partial charge is 0.255 e. The minimum absolute atomic E-state index is 0.192. The van der Waals surface area contributed by atoms with Gasteiger partial charge in [-0.05, 0) is 42.8 Å². The van der Waals surface area contributed by atoms with Crippen LogP contribution in [0.25, 0.3) is 0 Å². The SMILES string of the molecule is C[C@@H](c1cccc(NC(=O)c2ccccc2)c1)N(C)C(=O)c1ccc(=O)[nH]c1. The van der Waals surface area contributed by atoms with E-state index >= 15 is 0 Å². The Balaban J connectivity index is 1.75. The van der Waals surface area contributed by atoms with E-state index in [-0.39, 0.29) is 23.4 Å². The lowest BCUT2D eigenvalue weighted by Crippen LogP contribution is -2.30. The van der Waals surface area contributed by atoms with Gasteiger partial charge in [0.15, 0.2) is 0 Å². The molecule has 2 aromatic carbocycles. The molecule has 6 nitrogen and oxygen atoms in total. The van der Waals surface area contributed by atoms with Crippen LogP contribution in [-0.4, -0.2) is 28.7 Å². The molecule has 3 aromatic rings. The van der Waals surface area contributed by atoms with Crippen LogP contribution in [0.3, 0.4) is 0 Å². The number of aromatic nitrogens is 1. The number of rotatable bonds is 5. The van der Waals surface area contributed by atoms with Crippen LogP contribution in [0.15, 0.2) is 77.7 Å². The average molecular weight is 375 g/mol. The highest BCUT2D eigenvalue weighted by Crippen LogP contribution is 2.23. The highest BCUT2D eigenvalue weighted by molar-refractivity contribution is 6.04. The van der Waals surface area contributed by atoms with Crippen LogP contribution in [-0.2, 0) is 0 Å². The standard InChI is InChI=1S/C22H21N3O3/c1-15(25(2)22(28)18-11-12-20(26)23-14-18)17-9-6-10-19(13-17)24-21(27)16-7-4-3-5-8-16/h3-15H,1-2H3,(H,23,26)(H,24,27)/t15-/m0/s1. The van der Waals surface area contributed by atoms with Gasteiger partial charge in [0.2, 0.25) is 5.56 Å². The fraction of sp³-hybridized carbons (Fsp3) is 0.136. The molecule has 0 saturated heterocycles. The summed E-state index contributed by atoms with van der Waals surface area (Å²) in [5.74, 6) is -0.398. The van der Waals surface area contributed by atoms with Crippen molar-refractivity contribution in [3.05, 3.63) is 100.0 Å². The van der Waals surface area contributed by atoms with Crippen LogP contribution in [0.4, 0.5) is 5.69 Å². The van der Waals surface area contributed by atoms with E-state index in [1.54, 1.807) is 30.1 Å². The summed E-state index contributed by atoms with van der Waals surface area (Å²) in [5, 5.41) is 2.88. The van der Waals surface area contributed by atoms with Gasteiger partial charge in [0.05, 0.1) is 11.6 Å². The van der Waals surface area contributed by atoms with E-state index in [0.29, 0.717) is 16.8 Å². The second kappa shape index (κ2) is 8.35. The van der Waals surface area contributed by atoms with Gasteiger partial charge in [-0.1, -0.05) is 30.3 Å². The van der Waals surface area contributed by atoms with Crippen molar-refractivity contribution in [2.45, 2.75) is 13.0 Å². The number of hydrogen-bond acceptors (Lipinski definition) is 3. The number of carbonyl (C=O) groups excluding carboxylic acids is 2. The largest absolute Gasteiger partial charge is 0.335 e. The molecule has 0 aliphatic heterocycles. The number of hydrogen-bond donors (Lipinski definition) is 2. The first-order valence-corrected chi connectivity index (χ1v) is 8.88. The molecule has 0 saturated carbocycles. The van der Waals surface area contributed by atoms with Crippen LogP contribution in [0.1, 0.15) is 39.2 Å². The van der Waals surface area contributed by atoms with Crippen LogP contribution in [0, 0.1) is 0 Å². The van der Waals surface area contributed by atoms with Gasteiger partial charge in [-0.25, -0.2) is 0 Å². The van der Waals surface area contributed by atoms with Crippen molar-refractivity contribution >= 4 is 17.5 Å². The maximum Gasteiger partial charge on any atom is 0.255 e. The zero-order chi connectivity index (χ0) is 20.1. The zero-order valence-corrected chi connectivity index (χ0v) is 15.7. The minimum atomic E-state index is -0.255. The number of carbonyl (C=O) groups is 2. The lowest BCUT2D eigenvalue weighted by atomic mass is 10.1. The summed E-state index contributed by atoms with van der Waals surface area (Å²) in [6.45, 7) is 1.90. The molecule has 1 aromatic heterocycles. The van der Waals surface area contributed by atoms with E-state index in [1.165, 1.54) is 18.3 Å². The van der Waals surface area contributed by atoms with Gasteiger partial charge >= 0.3 is 0 Å². The number of benzene rings is 2. The summed E-state index contributed by atoms with van der Waals surface area (Å²) in [6.07, 6.45) is 1.41. The Labute approximate surface area is 162 Å². The van der Waals surface area contributed by atoms with Crippen molar-refractivity contribution in [3.63, 3.8) is 0 Å². The molecule has 2 N–H and O–H groups in total. The molecule has 0 bridgehead atoms. The van der Waals surface area contributed by atoms with Crippen LogP contribution in [0.2, 0.25) is 0 Å².